The van der Waals surface area contributed by atoms with E-state index in [1.165, 1.54) is 10.9 Å². The highest BCUT2D eigenvalue weighted by atomic mass is 32.1. The molecule has 2 heterocycles. The second-order valence-corrected chi connectivity index (χ2v) is 7.88. The van der Waals surface area contributed by atoms with Gasteiger partial charge in [-0.3, -0.25) is 4.79 Å². The zero-order chi connectivity index (χ0) is 18.4. The van der Waals surface area contributed by atoms with Gasteiger partial charge in [0.1, 0.15) is 0 Å². The van der Waals surface area contributed by atoms with E-state index in [4.69, 9.17) is 4.74 Å². The monoisotopic (exact) mass is 390 g/mol. The molecule has 7 heteroatoms. The quantitative estimate of drug-likeness (QED) is 0.618. The smallest absolute Gasteiger partial charge is 0.223 e. The Morgan fingerprint density at radius 2 is 2.12 bits per heavy atom. The molecule has 26 heavy (non-hydrogen) atoms. The number of aromatic nitrogens is 1. The van der Waals surface area contributed by atoms with Crippen LogP contribution in [-0.2, 0) is 11.2 Å². The maximum absolute atomic E-state index is 13.4. The molecule has 0 aliphatic heterocycles. The Balaban J connectivity index is 1.37. The molecule has 0 aliphatic rings. The topological polar surface area (TPSA) is 51.2 Å². The predicted octanol–water partition coefficient (Wildman–Crippen LogP) is 4.45. The van der Waals surface area contributed by atoms with Crippen LogP contribution in [0.3, 0.4) is 0 Å². The van der Waals surface area contributed by atoms with E-state index in [1.807, 2.05) is 6.92 Å². The average molecular weight is 391 g/mol. The van der Waals surface area contributed by atoms with Crippen molar-refractivity contribution < 1.29 is 13.9 Å². The van der Waals surface area contributed by atoms with Crippen LogP contribution in [0.25, 0.3) is 10.6 Å². The first-order chi connectivity index (χ1) is 12.6. The van der Waals surface area contributed by atoms with Crippen LogP contribution in [0.15, 0.2) is 41.8 Å². The first-order valence-corrected chi connectivity index (χ1v) is 9.96. The van der Waals surface area contributed by atoms with E-state index in [0.29, 0.717) is 6.54 Å². The molecule has 0 radical (unpaired) electrons. The maximum Gasteiger partial charge on any atom is 0.223 e. The number of carbonyl (C=O) groups excluding carboxylic acids is 1. The van der Waals surface area contributed by atoms with Crippen molar-refractivity contribution >= 4 is 28.6 Å². The summed E-state index contributed by atoms with van der Waals surface area (Å²) in [5.41, 5.74) is 1.01. The summed E-state index contributed by atoms with van der Waals surface area (Å²) in [6, 6.07) is 10.3. The summed E-state index contributed by atoms with van der Waals surface area (Å²) in [7, 11) is 0. The minimum Gasteiger partial charge on any atom is -0.490 e. The van der Waals surface area contributed by atoms with Gasteiger partial charge in [0, 0.05) is 16.8 Å². The van der Waals surface area contributed by atoms with Crippen LogP contribution in [0.4, 0.5) is 4.39 Å². The molecule has 1 N–H and O–H groups in total. The van der Waals surface area contributed by atoms with Crippen molar-refractivity contribution in [3.8, 4) is 16.3 Å². The Bertz CT molecular complexity index is 876. The highest BCUT2D eigenvalue weighted by Crippen LogP contribution is 2.29. The van der Waals surface area contributed by atoms with Gasteiger partial charge in [-0.05, 0) is 37.6 Å². The fraction of sp³-hybridized carbons (Fsp3) is 0.263. The van der Waals surface area contributed by atoms with Crippen LogP contribution in [0.5, 0.6) is 5.75 Å². The number of para-hydroxylation sites is 1. The molecule has 0 unspecified atom stereocenters. The van der Waals surface area contributed by atoms with E-state index in [9.17, 15) is 9.18 Å². The van der Waals surface area contributed by atoms with Crippen molar-refractivity contribution in [1.29, 1.82) is 0 Å². The average Bonchev–Trinajstić information content (AvgIpc) is 3.25. The van der Waals surface area contributed by atoms with Crippen molar-refractivity contribution in [2.75, 3.05) is 13.2 Å². The number of halogens is 1. The molecular weight excluding hydrogens is 371 g/mol. The van der Waals surface area contributed by atoms with Crippen LogP contribution in [0, 0.1) is 12.7 Å². The summed E-state index contributed by atoms with van der Waals surface area (Å²) in [5, 5.41) is 5.98. The van der Waals surface area contributed by atoms with Gasteiger partial charge in [0.05, 0.1) is 28.6 Å². The Morgan fingerprint density at radius 1 is 1.27 bits per heavy atom. The lowest BCUT2D eigenvalue weighted by Crippen LogP contribution is -2.26. The number of hydrogen-bond donors (Lipinski definition) is 1. The summed E-state index contributed by atoms with van der Waals surface area (Å²) in [6.45, 7) is 2.71. The number of thiazole rings is 1. The molecule has 4 nitrogen and oxygen atoms in total. The number of benzene rings is 1. The summed E-state index contributed by atoms with van der Waals surface area (Å²) in [6.07, 6.45) is 0.968. The van der Waals surface area contributed by atoms with Crippen molar-refractivity contribution in [2.24, 2.45) is 0 Å². The van der Waals surface area contributed by atoms with Crippen LogP contribution < -0.4 is 10.1 Å². The standard InChI is InChI=1S/C19H19FN2O2S2/c1-13-22-16(12-25-13)18-7-6-14(26-18)8-10-21-19(23)9-11-24-17-5-3-2-4-15(17)20/h2-7,12H,8-11H2,1H3,(H,21,23). The molecule has 0 fully saturated rings. The molecule has 3 rings (SSSR count). The minimum atomic E-state index is -0.420. The number of aryl methyl sites for hydroxylation is 1. The van der Waals surface area contributed by atoms with Crippen LogP contribution in [0.2, 0.25) is 0 Å². The molecule has 0 atom stereocenters. The number of carbonyl (C=O) groups is 1. The van der Waals surface area contributed by atoms with E-state index >= 15 is 0 Å². The number of rotatable bonds is 8. The molecule has 0 spiro atoms. The van der Waals surface area contributed by atoms with Gasteiger partial charge >= 0.3 is 0 Å². The number of nitrogens with one attached hydrogen (secondary N) is 1. The molecule has 0 saturated carbocycles. The Labute approximate surface area is 159 Å². The second kappa shape index (κ2) is 8.91. The zero-order valence-corrected chi connectivity index (χ0v) is 16.0. The third-order valence-corrected chi connectivity index (χ3v) is 5.59. The van der Waals surface area contributed by atoms with Crippen molar-refractivity contribution in [3.63, 3.8) is 0 Å². The summed E-state index contributed by atoms with van der Waals surface area (Å²) in [4.78, 5) is 18.7. The number of nitrogens with zero attached hydrogens (tertiary/aromatic N) is 1. The predicted molar refractivity (Wildman–Crippen MR) is 103 cm³/mol. The number of amides is 1. The second-order valence-electron chi connectivity index (χ2n) is 5.65. The SMILES string of the molecule is Cc1nc(-c2ccc(CCNC(=O)CCOc3ccccc3F)s2)cs1. The lowest BCUT2D eigenvalue weighted by molar-refractivity contribution is -0.121. The lowest BCUT2D eigenvalue weighted by Gasteiger charge is -2.07. The van der Waals surface area contributed by atoms with E-state index < -0.39 is 5.82 Å². The molecule has 2 aromatic heterocycles. The highest BCUT2D eigenvalue weighted by Gasteiger charge is 2.08. The van der Waals surface area contributed by atoms with Gasteiger partial charge < -0.3 is 10.1 Å². The van der Waals surface area contributed by atoms with Crippen LogP contribution in [-0.4, -0.2) is 24.0 Å². The molecule has 1 aromatic carbocycles. The van der Waals surface area contributed by atoms with Gasteiger partial charge in [-0.2, -0.15) is 0 Å². The van der Waals surface area contributed by atoms with E-state index in [2.05, 4.69) is 27.8 Å². The van der Waals surface area contributed by atoms with Crippen molar-refractivity contribution in [2.45, 2.75) is 19.8 Å². The van der Waals surface area contributed by atoms with Crippen LogP contribution in [0.1, 0.15) is 16.3 Å². The number of ether oxygens (including phenoxy) is 1. The third-order valence-electron chi connectivity index (χ3n) is 3.65. The maximum atomic E-state index is 13.4. The van der Waals surface area contributed by atoms with Gasteiger partial charge in [-0.15, -0.1) is 22.7 Å². The van der Waals surface area contributed by atoms with E-state index in [1.54, 1.807) is 40.9 Å². The molecule has 136 valence electrons. The molecule has 3 aromatic rings. The Kier molecular flexibility index (Phi) is 6.35. The fourth-order valence-corrected chi connectivity index (χ4v) is 4.01. The third kappa shape index (κ3) is 5.12. The fourth-order valence-electron chi connectivity index (χ4n) is 2.36. The number of thiophene rings is 1. The van der Waals surface area contributed by atoms with Crippen LogP contribution >= 0.6 is 22.7 Å². The van der Waals surface area contributed by atoms with Gasteiger partial charge in [-0.25, -0.2) is 9.37 Å². The zero-order valence-electron chi connectivity index (χ0n) is 14.3. The van der Waals surface area contributed by atoms with Gasteiger partial charge in [-0.1, -0.05) is 12.1 Å². The molecule has 0 saturated heterocycles. The summed E-state index contributed by atoms with van der Waals surface area (Å²) in [5.74, 6) is -0.353. The molecule has 0 aliphatic carbocycles. The molecule has 1 amide bonds. The summed E-state index contributed by atoms with van der Waals surface area (Å²) >= 11 is 3.33. The first-order valence-electron chi connectivity index (χ1n) is 8.27. The summed E-state index contributed by atoms with van der Waals surface area (Å²) < 4.78 is 18.7. The van der Waals surface area contributed by atoms with Gasteiger partial charge in [0.15, 0.2) is 11.6 Å². The van der Waals surface area contributed by atoms with E-state index in [-0.39, 0.29) is 24.7 Å². The Hall–Kier alpha value is -2.25. The lowest BCUT2D eigenvalue weighted by atomic mass is 10.3. The Morgan fingerprint density at radius 3 is 2.88 bits per heavy atom. The first kappa shape index (κ1) is 18.5. The van der Waals surface area contributed by atoms with E-state index in [0.717, 1.165) is 22.0 Å². The van der Waals surface area contributed by atoms with Gasteiger partial charge in [0.25, 0.3) is 0 Å². The largest absolute Gasteiger partial charge is 0.490 e. The molecule has 0 bridgehead atoms. The molecular formula is C19H19FN2O2S2. The van der Waals surface area contributed by atoms with Crippen molar-refractivity contribution in [1.82, 2.24) is 10.3 Å². The highest BCUT2D eigenvalue weighted by molar-refractivity contribution is 7.16. The van der Waals surface area contributed by atoms with Gasteiger partial charge in [0.2, 0.25) is 5.91 Å². The minimum absolute atomic E-state index is 0.103. The number of hydrogen-bond acceptors (Lipinski definition) is 5. The van der Waals surface area contributed by atoms with Crippen molar-refractivity contribution in [3.05, 3.63) is 57.5 Å². The normalized spacial score (nSPS) is 10.7.